The topological polar surface area (TPSA) is 101 Å². The largest absolute Gasteiger partial charge is 0.489 e. The lowest BCUT2D eigenvalue weighted by atomic mass is 9.77. The minimum atomic E-state index is -3.70. The summed E-state index contributed by atoms with van der Waals surface area (Å²) in [6.07, 6.45) is 8.40. The molecule has 9 heteroatoms. The van der Waals surface area contributed by atoms with E-state index in [9.17, 15) is 13.5 Å². The van der Waals surface area contributed by atoms with Crippen molar-refractivity contribution in [1.29, 1.82) is 0 Å². The van der Waals surface area contributed by atoms with Gasteiger partial charge in [0.2, 0.25) is 0 Å². The monoisotopic (exact) mass is 707 g/mol. The summed E-state index contributed by atoms with van der Waals surface area (Å²) in [7, 11) is 0.184. The third kappa shape index (κ3) is 10.2. The second kappa shape index (κ2) is 18.9. The maximum atomic E-state index is 14.2. The van der Waals surface area contributed by atoms with Crippen molar-refractivity contribution in [2.75, 3.05) is 55.8 Å². The highest BCUT2D eigenvalue weighted by molar-refractivity contribution is 7.91. The Labute approximate surface area is 302 Å². The molecule has 0 radical (unpaired) electrons. The van der Waals surface area contributed by atoms with Crippen LogP contribution in [0.3, 0.4) is 0 Å². The SMILES string of the molecule is CCCCC1(CCCC)CS(=O)(=O)c2ccc(N(C)C)cc2N(c2cccc(OCc3ccc(CCCCN(CCC)CC[NH3+])cc3)c2)C1O. The summed E-state index contributed by atoms with van der Waals surface area (Å²) in [6, 6.07) is 21.9. The van der Waals surface area contributed by atoms with Crippen molar-refractivity contribution in [2.24, 2.45) is 5.41 Å². The van der Waals surface area contributed by atoms with Crippen LogP contribution in [0, 0.1) is 5.41 Å². The molecule has 0 aliphatic carbocycles. The molecule has 8 nitrogen and oxygen atoms in total. The predicted molar refractivity (Wildman–Crippen MR) is 207 cm³/mol. The number of benzene rings is 3. The standard InChI is InChI=1S/C41H62N4O4S/c1-6-9-23-41(24-10-7-2)32-50(47,48)39-22-21-35(43(4)5)30-38(39)45(40(41)46)36-15-13-16-37(29-36)49-31-34-19-17-33(18-20-34)14-11-12-27-44(26-8-3)28-25-42/h13,15-22,29-30,40,46H,6-12,14,23-28,31-32,42H2,1-5H3/p+1. The van der Waals surface area contributed by atoms with Gasteiger partial charge in [0, 0.05) is 43.5 Å². The highest BCUT2D eigenvalue weighted by Gasteiger charge is 2.48. The number of unbranched alkanes of at least 4 members (excludes halogenated alkanes) is 3. The molecule has 0 saturated heterocycles. The first-order valence-electron chi connectivity index (χ1n) is 18.9. The zero-order valence-corrected chi connectivity index (χ0v) is 32.2. The molecule has 0 saturated carbocycles. The van der Waals surface area contributed by atoms with Gasteiger partial charge in [0.25, 0.3) is 0 Å². The van der Waals surface area contributed by atoms with E-state index in [1.807, 2.05) is 60.3 Å². The molecule has 1 aliphatic heterocycles. The predicted octanol–water partition coefficient (Wildman–Crippen LogP) is 7.22. The van der Waals surface area contributed by atoms with Crippen LogP contribution >= 0.6 is 0 Å². The van der Waals surface area contributed by atoms with E-state index in [1.54, 1.807) is 6.07 Å². The third-order valence-corrected chi connectivity index (χ3v) is 12.1. The van der Waals surface area contributed by atoms with Crippen molar-refractivity contribution in [2.45, 2.75) is 103 Å². The van der Waals surface area contributed by atoms with Gasteiger partial charge in [-0.05, 0) is 93.1 Å². The second-order valence-electron chi connectivity index (χ2n) is 14.4. The van der Waals surface area contributed by atoms with E-state index in [4.69, 9.17) is 4.74 Å². The molecule has 3 aromatic carbocycles. The minimum Gasteiger partial charge on any atom is -0.489 e. The Bertz CT molecular complexity index is 1560. The molecule has 4 N–H and O–H groups in total. The van der Waals surface area contributed by atoms with E-state index in [0.717, 1.165) is 69.5 Å². The molecule has 276 valence electrons. The number of rotatable bonds is 20. The van der Waals surface area contributed by atoms with Gasteiger partial charge in [0.05, 0.1) is 22.9 Å². The van der Waals surface area contributed by atoms with E-state index < -0.39 is 21.5 Å². The van der Waals surface area contributed by atoms with Gasteiger partial charge in [-0.3, -0.25) is 4.90 Å². The van der Waals surface area contributed by atoms with Gasteiger partial charge >= 0.3 is 0 Å². The first-order valence-corrected chi connectivity index (χ1v) is 20.6. The Kier molecular flexibility index (Phi) is 15.0. The number of anilines is 3. The summed E-state index contributed by atoms with van der Waals surface area (Å²) < 4.78 is 34.6. The van der Waals surface area contributed by atoms with Crippen LogP contribution in [0.4, 0.5) is 17.1 Å². The number of aryl methyl sites for hydroxylation is 1. The van der Waals surface area contributed by atoms with Crippen LogP contribution in [-0.4, -0.2) is 70.7 Å². The highest BCUT2D eigenvalue weighted by Crippen LogP contribution is 2.49. The van der Waals surface area contributed by atoms with Crippen molar-refractivity contribution in [3.8, 4) is 5.75 Å². The maximum absolute atomic E-state index is 14.2. The summed E-state index contributed by atoms with van der Waals surface area (Å²) in [4.78, 5) is 6.61. The minimum absolute atomic E-state index is 0.0773. The lowest BCUT2D eigenvalue weighted by Crippen LogP contribution is -2.55. The van der Waals surface area contributed by atoms with E-state index in [-0.39, 0.29) is 10.6 Å². The number of sulfone groups is 1. The van der Waals surface area contributed by atoms with E-state index in [2.05, 4.69) is 55.7 Å². The molecule has 0 amide bonds. The second-order valence-corrected chi connectivity index (χ2v) is 16.3. The van der Waals surface area contributed by atoms with Gasteiger partial charge in [0.15, 0.2) is 9.84 Å². The molecule has 3 aromatic rings. The average molecular weight is 708 g/mol. The summed E-state index contributed by atoms with van der Waals surface area (Å²) in [5.41, 5.74) is 7.71. The fourth-order valence-corrected chi connectivity index (χ4v) is 9.37. The van der Waals surface area contributed by atoms with Crippen molar-refractivity contribution >= 4 is 26.9 Å². The van der Waals surface area contributed by atoms with E-state index in [0.29, 0.717) is 36.6 Å². The van der Waals surface area contributed by atoms with E-state index in [1.165, 1.54) is 24.8 Å². The van der Waals surface area contributed by atoms with Gasteiger partial charge in [-0.25, -0.2) is 8.42 Å². The molecule has 1 aliphatic rings. The quantitative estimate of drug-likeness (QED) is 0.120. The van der Waals surface area contributed by atoms with Crippen LogP contribution in [-0.2, 0) is 22.9 Å². The zero-order valence-electron chi connectivity index (χ0n) is 31.4. The molecule has 0 spiro atoms. The molecule has 50 heavy (non-hydrogen) atoms. The smallest absolute Gasteiger partial charge is 0.181 e. The number of hydrogen-bond donors (Lipinski definition) is 2. The van der Waals surface area contributed by atoms with Crippen LogP contribution in [0.1, 0.15) is 89.7 Å². The summed E-state index contributed by atoms with van der Waals surface area (Å²) in [5.74, 6) is 0.592. The molecule has 0 fully saturated rings. The number of aliphatic hydroxyl groups is 1. The number of aliphatic hydroxyl groups excluding tert-OH is 1. The summed E-state index contributed by atoms with van der Waals surface area (Å²) in [5, 5.41) is 12.5. The van der Waals surface area contributed by atoms with Gasteiger partial charge in [-0.1, -0.05) is 76.8 Å². The summed E-state index contributed by atoms with van der Waals surface area (Å²) >= 11 is 0. The van der Waals surface area contributed by atoms with Crippen molar-refractivity contribution in [3.63, 3.8) is 0 Å². The van der Waals surface area contributed by atoms with Crippen molar-refractivity contribution in [1.82, 2.24) is 4.90 Å². The van der Waals surface area contributed by atoms with Crippen LogP contribution in [0.25, 0.3) is 0 Å². The number of fused-ring (bicyclic) bond motifs is 1. The Morgan fingerprint density at radius 3 is 2.20 bits per heavy atom. The number of hydrogen-bond acceptors (Lipinski definition) is 7. The van der Waals surface area contributed by atoms with Gasteiger partial charge < -0.3 is 25.4 Å². The molecule has 1 heterocycles. The molecule has 4 rings (SSSR count). The summed E-state index contributed by atoms with van der Waals surface area (Å²) in [6.45, 7) is 11.2. The molecule has 1 atom stereocenters. The fraction of sp³-hybridized carbons (Fsp3) is 0.561. The Balaban J connectivity index is 1.56. The first-order chi connectivity index (χ1) is 24.1. The van der Waals surface area contributed by atoms with Gasteiger partial charge in [-0.2, -0.15) is 0 Å². The molecule has 0 bridgehead atoms. The Hall–Kier alpha value is -3.11. The normalized spacial score (nSPS) is 16.6. The molecule has 1 unspecified atom stereocenters. The van der Waals surface area contributed by atoms with Crippen molar-refractivity contribution in [3.05, 3.63) is 77.9 Å². The molecular formula is C41H63N4O4S+. The molecular weight excluding hydrogens is 645 g/mol. The zero-order chi connectivity index (χ0) is 36.1. The van der Waals surface area contributed by atoms with Crippen molar-refractivity contribution < 1.29 is 24.0 Å². The lowest BCUT2D eigenvalue weighted by molar-refractivity contribution is -0.368. The lowest BCUT2D eigenvalue weighted by Gasteiger charge is -2.42. The van der Waals surface area contributed by atoms with Gasteiger partial charge in [0.1, 0.15) is 18.6 Å². The van der Waals surface area contributed by atoms with Crippen LogP contribution in [0.2, 0.25) is 0 Å². The maximum Gasteiger partial charge on any atom is 0.181 e. The van der Waals surface area contributed by atoms with Crippen LogP contribution in [0.5, 0.6) is 5.75 Å². The fourth-order valence-electron chi connectivity index (χ4n) is 7.27. The third-order valence-electron chi connectivity index (χ3n) is 10.1. The Morgan fingerprint density at radius 2 is 1.56 bits per heavy atom. The number of quaternary nitrogens is 1. The first kappa shape index (κ1) is 39.7. The number of ether oxygens (including phenoxy) is 1. The average Bonchev–Trinajstić information content (AvgIpc) is 3.17. The van der Waals surface area contributed by atoms with E-state index >= 15 is 0 Å². The highest BCUT2D eigenvalue weighted by atomic mass is 32.2. The molecule has 0 aromatic heterocycles. The van der Waals surface area contributed by atoms with Crippen LogP contribution in [0.15, 0.2) is 71.6 Å². The van der Waals surface area contributed by atoms with Gasteiger partial charge in [-0.15, -0.1) is 0 Å². The van der Waals surface area contributed by atoms with Crippen LogP contribution < -0.4 is 20.3 Å². The number of nitrogens with zero attached hydrogens (tertiary/aromatic N) is 3. The Morgan fingerprint density at radius 1 is 0.860 bits per heavy atom.